The van der Waals surface area contributed by atoms with Crippen LogP contribution in [-0.2, 0) is 0 Å². The molecule has 3 heteroatoms. The average Bonchev–Trinajstić information content (AvgIpc) is 1.83. The number of rotatable bonds is 2. The predicted octanol–water partition coefficient (Wildman–Crippen LogP) is -0.935. The zero-order valence-electron chi connectivity index (χ0n) is 5.29. The minimum atomic E-state index is -0.0205. The SMILES string of the molecule is C=IC(NCC)=[NH+]C. The Kier molecular flexibility index (Phi) is 5.26. The van der Waals surface area contributed by atoms with Crippen LogP contribution in [0.25, 0.3) is 0 Å². The van der Waals surface area contributed by atoms with Crippen LogP contribution in [0, 0.1) is 0 Å². The molecule has 0 aliphatic heterocycles. The van der Waals surface area contributed by atoms with Gasteiger partial charge in [-0.2, -0.15) is 0 Å². The molecule has 0 saturated carbocycles. The molecule has 0 saturated heterocycles. The van der Waals surface area contributed by atoms with E-state index in [0.29, 0.717) is 0 Å². The summed E-state index contributed by atoms with van der Waals surface area (Å²) in [5.74, 6) is 0. The maximum atomic E-state index is 3.82. The molecule has 0 aromatic heterocycles. The summed E-state index contributed by atoms with van der Waals surface area (Å²) in [7, 11) is 1.92. The molecular weight excluding hydrogens is 215 g/mol. The van der Waals surface area contributed by atoms with Gasteiger partial charge in [0.1, 0.15) is 0 Å². The first-order valence-electron chi connectivity index (χ1n) is 2.52. The van der Waals surface area contributed by atoms with E-state index in [4.69, 9.17) is 0 Å². The van der Waals surface area contributed by atoms with Gasteiger partial charge in [0, 0.05) is 20.7 Å². The first kappa shape index (κ1) is 8.07. The average molecular weight is 227 g/mol. The maximum Gasteiger partial charge on any atom is 0.296 e. The molecule has 2 N–H and O–H groups in total. The molecule has 0 aliphatic carbocycles. The van der Waals surface area contributed by atoms with Crippen LogP contribution in [0.4, 0.5) is 0 Å². The van der Waals surface area contributed by atoms with Crippen LogP contribution < -0.4 is 10.3 Å². The van der Waals surface area contributed by atoms with Crippen molar-refractivity contribution in [2.45, 2.75) is 6.92 Å². The number of hydrogen-bond donors (Lipinski definition) is 2. The minimum Gasteiger partial charge on any atom is -0.273 e. The van der Waals surface area contributed by atoms with Gasteiger partial charge in [-0.3, -0.25) is 10.3 Å². The third kappa shape index (κ3) is 3.12. The lowest BCUT2D eigenvalue weighted by molar-refractivity contribution is -0.417. The normalized spacial score (nSPS) is 11.5. The number of amidine groups is 1. The highest BCUT2D eigenvalue weighted by Crippen LogP contribution is 1.83. The summed E-state index contributed by atoms with van der Waals surface area (Å²) >= 11 is -0.0205. The molecule has 0 aliphatic rings. The number of halogens is 1. The standard InChI is InChI=1S/C5H11IN2/c1-4-8-5(6-2)7-3/h2,4H2,1,3H3,(H,7,8)/p+1. The van der Waals surface area contributed by atoms with Gasteiger partial charge in [0.25, 0.3) is 3.84 Å². The highest BCUT2D eigenvalue weighted by Gasteiger charge is 1.91. The van der Waals surface area contributed by atoms with Gasteiger partial charge in [-0.15, -0.1) is 0 Å². The molecule has 0 heterocycles. The number of nitrogens with one attached hydrogen (secondary N) is 2. The van der Waals surface area contributed by atoms with E-state index >= 15 is 0 Å². The minimum absolute atomic E-state index is 0.0205. The molecule has 0 atom stereocenters. The van der Waals surface area contributed by atoms with Crippen molar-refractivity contribution in [3.63, 3.8) is 0 Å². The fraction of sp³-hybridized carbons (Fsp3) is 0.600. The van der Waals surface area contributed by atoms with Crippen molar-refractivity contribution in [1.82, 2.24) is 5.32 Å². The van der Waals surface area contributed by atoms with E-state index in [1.54, 1.807) is 0 Å². The Bertz CT molecular complexity index is 98.6. The van der Waals surface area contributed by atoms with Crippen LogP contribution >= 0.6 is 20.7 Å². The van der Waals surface area contributed by atoms with Crippen LogP contribution in [0.2, 0.25) is 0 Å². The first-order chi connectivity index (χ1) is 3.85. The molecule has 0 aromatic rings. The second-order valence-electron chi connectivity index (χ2n) is 1.23. The Morgan fingerprint density at radius 2 is 2.50 bits per heavy atom. The predicted molar refractivity (Wildman–Crippen MR) is 46.7 cm³/mol. The number of hydrogen-bond acceptors (Lipinski definition) is 0. The van der Waals surface area contributed by atoms with E-state index in [1.807, 2.05) is 7.05 Å². The molecule has 0 spiro atoms. The van der Waals surface area contributed by atoms with E-state index in [-0.39, 0.29) is 20.7 Å². The quantitative estimate of drug-likeness (QED) is 0.271. The fourth-order valence-corrected chi connectivity index (χ4v) is 1.39. The van der Waals surface area contributed by atoms with Crippen LogP contribution in [0.3, 0.4) is 0 Å². The lowest BCUT2D eigenvalue weighted by Gasteiger charge is -1.88. The second-order valence-corrected chi connectivity index (χ2v) is 3.07. The molecule has 8 heavy (non-hydrogen) atoms. The van der Waals surface area contributed by atoms with Gasteiger partial charge in [-0.05, 0) is 6.92 Å². The van der Waals surface area contributed by atoms with Crippen molar-refractivity contribution in [2.24, 2.45) is 0 Å². The Balaban J connectivity index is 3.54. The van der Waals surface area contributed by atoms with Crippen LogP contribution in [0.5, 0.6) is 0 Å². The molecule has 0 amide bonds. The van der Waals surface area contributed by atoms with Crippen molar-refractivity contribution in [3.8, 4) is 0 Å². The molecule has 0 fully saturated rings. The summed E-state index contributed by atoms with van der Waals surface area (Å²) in [5, 5.41) is 3.17. The fourth-order valence-electron chi connectivity index (χ4n) is 0.358. The van der Waals surface area contributed by atoms with Gasteiger partial charge in [-0.1, -0.05) is 4.51 Å². The Morgan fingerprint density at radius 1 is 1.88 bits per heavy atom. The monoisotopic (exact) mass is 227 g/mol. The van der Waals surface area contributed by atoms with Gasteiger partial charge >= 0.3 is 0 Å². The van der Waals surface area contributed by atoms with Gasteiger partial charge in [0.2, 0.25) is 0 Å². The molecule has 0 rings (SSSR count). The van der Waals surface area contributed by atoms with E-state index in [2.05, 4.69) is 21.7 Å². The molecule has 0 bridgehead atoms. The first-order valence-corrected chi connectivity index (χ1v) is 5.12. The zero-order valence-corrected chi connectivity index (χ0v) is 7.45. The second kappa shape index (κ2) is 5.21. The summed E-state index contributed by atoms with van der Waals surface area (Å²) in [4.78, 5) is 3.04. The lowest BCUT2D eigenvalue weighted by Crippen LogP contribution is -2.69. The van der Waals surface area contributed by atoms with E-state index in [0.717, 1.165) is 6.54 Å². The van der Waals surface area contributed by atoms with Gasteiger partial charge in [0.05, 0.1) is 13.6 Å². The summed E-state index contributed by atoms with van der Waals surface area (Å²) < 4.78 is 5.04. The third-order valence-corrected chi connectivity index (χ3v) is 2.37. The van der Waals surface area contributed by atoms with Crippen LogP contribution in [0.1, 0.15) is 6.92 Å². The van der Waals surface area contributed by atoms with Crippen molar-refractivity contribution in [2.75, 3.05) is 13.6 Å². The zero-order chi connectivity index (χ0) is 6.41. The summed E-state index contributed by atoms with van der Waals surface area (Å²) in [5.41, 5.74) is 0. The molecular formula is C5H12IN2+. The topological polar surface area (TPSA) is 26.0 Å². The highest BCUT2D eigenvalue weighted by atomic mass is 127. The van der Waals surface area contributed by atoms with Crippen molar-refractivity contribution >= 4 is 29.1 Å². The molecule has 2 nitrogen and oxygen atoms in total. The van der Waals surface area contributed by atoms with Crippen LogP contribution in [0.15, 0.2) is 0 Å². The van der Waals surface area contributed by atoms with Gasteiger partial charge in [-0.25, -0.2) is 0 Å². The van der Waals surface area contributed by atoms with Gasteiger partial charge in [0.15, 0.2) is 0 Å². The van der Waals surface area contributed by atoms with Crippen molar-refractivity contribution < 1.29 is 4.99 Å². The Hall–Kier alpha value is 0.0700. The summed E-state index contributed by atoms with van der Waals surface area (Å²) in [6, 6.07) is 0. The van der Waals surface area contributed by atoms with Gasteiger partial charge < -0.3 is 0 Å². The smallest absolute Gasteiger partial charge is 0.273 e. The summed E-state index contributed by atoms with van der Waals surface area (Å²) in [6.45, 7) is 3.07. The van der Waals surface area contributed by atoms with E-state index in [1.165, 1.54) is 3.84 Å². The third-order valence-electron chi connectivity index (χ3n) is 0.685. The highest BCUT2D eigenvalue weighted by molar-refractivity contribution is 14.2. The maximum absolute atomic E-state index is 3.82. The van der Waals surface area contributed by atoms with Crippen molar-refractivity contribution in [3.05, 3.63) is 0 Å². The molecule has 48 valence electrons. The largest absolute Gasteiger partial charge is 0.296 e. The van der Waals surface area contributed by atoms with Crippen LogP contribution in [-0.4, -0.2) is 21.9 Å². The van der Waals surface area contributed by atoms with Crippen molar-refractivity contribution in [1.29, 1.82) is 0 Å². The lowest BCUT2D eigenvalue weighted by atomic mass is 10.8. The molecule has 0 aromatic carbocycles. The molecule has 0 unspecified atom stereocenters. The molecule has 0 radical (unpaired) electrons. The summed E-state index contributed by atoms with van der Waals surface area (Å²) in [6.07, 6.45) is 0. The Labute approximate surface area is 60.1 Å². The van der Waals surface area contributed by atoms with E-state index < -0.39 is 0 Å². The Morgan fingerprint density at radius 3 is 2.62 bits per heavy atom. The van der Waals surface area contributed by atoms with E-state index in [9.17, 15) is 0 Å².